The molecule has 0 amide bonds. The summed E-state index contributed by atoms with van der Waals surface area (Å²) < 4.78 is 16.4. The van der Waals surface area contributed by atoms with Gasteiger partial charge in [0.2, 0.25) is 0 Å². The SMILES string of the molecule is COc1cccc(-c2ccc(CC(NCP(=O)(O)O)c3nnn[nH]3)cc2)c1. The van der Waals surface area contributed by atoms with Crippen LogP contribution in [-0.2, 0) is 11.0 Å². The molecule has 2 aromatic carbocycles. The molecule has 3 aromatic rings. The van der Waals surface area contributed by atoms with Gasteiger partial charge in [-0.3, -0.25) is 9.88 Å². The summed E-state index contributed by atoms with van der Waals surface area (Å²) in [6.45, 7) is 0. The summed E-state index contributed by atoms with van der Waals surface area (Å²) >= 11 is 0. The molecule has 1 atom stereocenters. The van der Waals surface area contributed by atoms with Gasteiger partial charge in [0.1, 0.15) is 5.75 Å². The molecule has 1 aromatic heterocycles. The van der Waals surface area contributed by atoms with Crippen molar-refractivity contribution >= 4 is 7.60 Å². The van der Waals surface area contributed by atoms with E-state index >= 15 is 0 Å². The van der Waals surface area contributed by atoms with Gasteiger partial charge in [-0.15, -0.1) is 5.10 Å². The number of tetrazole rings is 1. The molecule has 142 valence electrons. The van der Waals surface area contributed by atoms with Crippen LogP contribution in [0.4, 0.5) is 0 Å². The number of nitrogens with one attached hydrogen (secondary N) is 2. The summed E-state index contributed by atoms with van der Waals surface area (Å²) in [4.78, 5) is 18.2. The van der Waals surface area contributed by atoms with Gasteiger partial charge in [0, 0.05) is 0 Å². The van der Waals surface area contributed by atoms with Crippen molar-refractivity contribution < 1.29 is 19.1 Å². The lowest BCUT2D eigenvalue weighted by Gasteiger charge is -2.16. The molecule has 0 aliphatic carbocycles. The molecule has 1 unspecified atom stereocenters. The molecule has 10 heteroatoms. The van der Waals surface area contributed by atoms with Gasteiger partial charge in [-0.1, -0.05) is 36.4 Å². The number of hydrogen-bond acceptors (Lipinski definition) is 6. The van der Waals surface area contributed by atoms with Crippen LogP contribution in [0.25, 0.3) is 11.1 Å². The Hall–Kier alpha value is -2.58. The topological polar surface area (TPSA) is 133 Å². The molecule has 0 spiro atoms. The largest absolute Gasteiger partial charge is 0.497 e. The molecule has 1 heterocycles. The zero-order chi connectivity index (χ0) is 19.3. The number of nitrogens with zero attached hydrogens (tertiary/aromatic N) is 3. The van der Waals surface area contributed by atoms with Crippen LogP contribution in [-0.4, -0.2) is 43.8 Å². The van der Waals surface area contributed by atoms with Gasteiger partial charge in [-0.25, -0.2) is 5.10 Å². The Morgan fingerprint density at radius 3 is 2.59 bits per heavy atom. The average Bonchev–Trinajstić information content (AvgIpc) is 3.19. The molecule has 4 N–H and O–H groups in total. The summed E-state index contributed by atoms with van der Waals surface area (Å²) in [5, 5.41) is 16.4. The number of H-pyrrole nitrogens is 1. The maximum Gasteiger partial charge on any atom is 0.339 e. The van der Waals surface area contributed by atoms with Crippen molar-refractivity contribution in [1.82, 2.24) is 25.9 Å². The van der Waals surface area contributed by atoms with Gasteiger partial charge in [0.05, 0.1) is 19.4 Å². The molecule has 27 heavy (non-hydrogen) atoms. The summed E-state index contributed by atoms with van der Waals surface area (Å²) in [6.07, 6.45) is 0.00945. The van der Waals surface area contributed by atoms with Crippen LogP contribution in [0.1, 0.15) is 17.4 Å². The zero-order valence-corrected chi connectivity index (χ0v) is 15.5. The van der Waals surface area contributed by atoms with Crippen molar-refractivity contribution in [1.29, 1.82) is 0 Å². The third-order valence-electron chi connectivity index (χ3n) is 4.03. The Labute approximate surface area is 155 Å². The summed E-state index contributed by atoms with van der Waals surface area (Å²) in [6, 6.07) is 15.2. The Morgan fingerprint density at radius 1 is 1.19 bits per heavy atom. The van der Waals surface area contributed by atoms with Crippen molar-refractivity contribution in [3.8, 4) is 16.9 Å². The predicted molar refractivity (Wildman–Crippen MR) is 99.1 cm³/mol. The van der Waals surface area contributed by atoms with Gasteiger partial charge in [0.25, 0.3) is 0 Å². The lowest BCUT2D eigenvalue weighted by atomic mass is 10.0. The number of hydrogen-bond donors (Lipinski definition) is 4. The number of methoxy groups -OCH3 is 1. The van der Waals surface area contributed by atoms with Crippen LogP contribution in [0.2, 0.25) is 0 Å². The molecular formula is C17H20N5O4P. The van der Waals surface area contributed by atoms with Gasteiger partial charge in [-0.05, 0) is 45.7 Å². The molecule has 0 saturated carbocycles. The number of aromatic amines is 1. The van der Waals surface area contributed by atoms with Crippen molar-refractivity contribution in [2.24, 2.45) is 0 Å². The highest BCUT2D eigenvalue weighted by atomic mass is 31.2. The normalized spacial score (nSPS) is 12.7. The Balaban J connectivity index is 1.75. The van der Waals surface area contributed by atoms with E-state index in [9.17, 15) is 4.57 Å². The number of aromatic nitrogens is 4. The fraction of sp³-hybridized carbons (Fsp3) is 0.235. The molecule has 3 rings (SSSR count). The first-order chi connectivity index (χ1) is 12.9. The predicted octanol–water partition coefficient (Wildman–Crippen LogP) is 1.88. The van der Waals surface area contributed by atoms with Crippen LogP contribution in [0.3, 0.4) is 0 Å². The first kappa shape index (κ1) is 19.2. The van der Waals surface area contributed by atoms with E-state index in [1.54, 1.807) is 7.11 Å². The quantitative estimate of drug-likeness (QED) is 0.429. The minimum Gasteiger partial charge on any atom is -0.497 e. The van der Waals surface area contributed by atoms with Gasteiger partial charge >= 0.3 is 7.60 Å². The first-order valence-corrected chi connectivity index (χ1v) is 9.99. The highest BCUT2D eigenvalue weighted by Gasteiger charge is 2.20. The molecule has 0 aliphatic heterocycles. The van der Waals surface area contributed by atoms with Crippen LogP contribution < -0.4 is 10.1 Å². The highest BCUT2D eigenvalue weighted by Crippen LogP contribution is 2.33. The lowest BCUT2D eigenvalue weighted by Crippen LogP contribution is -2.25. The molecule has 0 aliphatic rings. The van der Waals surface area contributed by atoms with E-state index in [0.717, 1.165) is 22.4 Å². The molecule has 9 nitrogen and oxygen atoms in total. The van der Waals surface area contributed by atoms with Gasteiger partial charge < -0.3 is 14.5 Å². The third-order valence-corrected chi connectivity index (χ3v) is 4.63. The minimum absolute atomic E-state index is 0.417. The number of benzene rings is 2. The van der Waals surface area contributed by atoms with Crippen molar-refractivity contribution in [3.05, 3.63) is 59.9 Å². The van der Waals surface area contributed by atoms with Crippen molar-refractivity contribution in [2.75, 3.05) is 13.4 Å². The summed E-state index contributed by atoms with van der Waals surface area (Å²) in [5.41, 5.74) is 3.05. The summed E-state index contributed by atoms with van der Waals surface area (Å²) in [5.74, 6) is 1.21. The van der Waals surface area contributed by atoms with E-state index in [1.807, 2.05) is 48.5 Å². The van der Waals surface area contributed by atoms with E-state index in [2.05, 4.69) is 25.9 Å². The van der Waals surface area contributed by atoms with Crippen LogP contribution >= 0.6 is 7.60 Å². The number of rotatable bonds is 8. The van der Waals surface area contributed by atoms with Crippen LogP contribution in [0.5, 0.6) is 5.75 Å². The average molecular weight is 389 g/mol. The second kappa shape index (κ2) is 8.41. The maximum atomic E-state index is 11.2. The van der Waals surface area contributed by atoms with E-state index in [4.69, 9.17) is 14.5 Å². The third kappa shape index (κ3) is 5.45. The highest BCUT2D eigenvalue weighted by molar-refractivity contribution is 7.51. The van der Waals surface area contributed by atoms with Crippen LogP contribution in [0, 0.1) is 0 Å². The molecule has 0 bridgehead atoms. The maximum absolute atomic E-state index is 11.2. The second-order valence-corrected chi connectivity index (χ2v) is 7.64. The molecule has 0 saturated heterocycles. The fourth-order valence-electron chi connectivity index (χ4n) is 2.68. The second-order valence-electron chi connectivity index (χ2n) is 6.00. The number of ether oxygens (including phenoxy) is 1. The Morgan fingerprint density at radius 2 is 1.96 bits per heavy atom. The lowest BCUT2D eigenvalue weighted by molar-refractivity contribution is 0.362. The van der Waals surface area contributed by atoms with Crippen molar-refractivity contribution in [3.63, 3.8) is 0 Å². The smallest absolute Gasteiger partial charge is 0.339 e. The van der Waals surface area contributed by atoms with Gasteiger partial charge in [-0.2, -0.15) is 0 Å². The minimum atomic E-state index is -4.19. The first-order valence-electron chi connectivity index (χ1n) is 8.19. The Bertz CT molecular complexity index is 911. The van der Waals surface area contributed by atoms with E-state index in [0.29, 0.717) is 12.2 Å². The van der Waals surface area contributed by atoms with Crippen molar-refractivity contribution in [2.45, 2.75) is 12.5 Å². The van der Waals surface area contributed by atoms with Crippen LogP contribution in [0.15, 0.2) is 48.5 Å². The molecule has 0 fully saturated rings. The monoisotopic (exact) mass is 389 g/mol. The van der Waals surface area contributed by atoms with Gasteiger partial charge in [0.15, 0.2) is 5.82 Å². The fourth-order valence-corrected chi connectivity index (χ4v) is 3.14. The summed E-state index contributed by atoms with van der Waals surface area (Å²) in [7, 11) is -2.56. The Kier molecular flexibility index (Phi) is 5.98. The van der Waals surface area contributed by atoms with E-state index in [-0.39, 0.29) is 0 Å². The standard InChI is InChI=1S/C17H20N5O4P/c1-26-15-4-2-3-14(10-15)13-7-5-12(6-8-13)9-16(17-19-21-22-20-17)18-11-27(23,24)25/h2-8,10,16,18H,9,11H2,1H3,(H2,23,24,25)(H,19,20,21,22). The molecular weight excluding hydrogens is 369 g/mol. The zero-order valence-electron chi connectivity index (χ0n) is 14.6. The van der Waals surface area contributed by atoms with E-state index in [1.165, 1.54) is 0 Å². The van der Waals surface area contributed by atoms with E-state index < -0.39 is 19.9 Å². The molecule has 0 radical (unpaired) electrons.